The maximum atomic E-state index is 12.1. The summed E-state index contributed by atoms with van der Waals surface area (Å²) >= 11 is 1.66. The Balaban J connectivity index is 0.00000312. The number of likely N-dealkylation sites (N-methyl/N-ethyl adjacent to an activating group) is 2. The van der Waals surface area contributed by atoms with E-state index in [9.17, 15) is 9.59 Å². The summed E-state index contributed by atoms with van der Waals surface area (Å²) in [6.45, 7) is 5.09. The Bertz CT molecular complexity index is 591. The monoisotopic (exact) mass is 479 g/mol. The number of hydrogen-bond donors (Lipinski definition) is 1. The van der Waals surface area contributed by atoms with Gasteiger partial charge >= 0.3 is 0 Å². The van der Waals surface area contributed by atoms with Gasteiger partial charge in [-0.1, -0.05) is 6.07 Å². The van der Waals surface area contributed by atoms with Crippen molar-refractivity contribution in [2.24, 2.45) is 4.99 Å². The zero-order valence-corrected chi connectivity index (χ0v) is 18.0. The van der Waals surface area contributed by atoms with Crippen LogP contribution in [0.3, 0.4) is 0 Å². The lowest BCUT2D eigenvalue weighted by Gasteiger charge is -2.35. The second-order valence-electron chi connectivity index (χ2n) is 5.76. The smallest absolute Gasteiger partial charge is 0.243 e. The van der Waals surface area contributed by atoms with Crippen molar-refractivity contribution in [1.82, 2.24) is 20.0 Å². The van der Waals surface area contributed by atoms with Gasteiger partial charge in [0, 0.05) is 38.6 Å². The second kappa shape index (κ2) is 10.6. The summed E-state index contributed by atoms with van der Waals surface area (Å²) in [7, 11) is 3.42. The molecule has 1 aliphatic rings. The van der Waals surface area contributed by atoms with E-state index in [1.54, 1.807) is 25.4 Å². The van der Waals surface area contributed by atoms with Crippen LogP contribution < -0.4 is 5.32 Å². The van der Waals surface area contributed by atoms with Gasteiger partial charge in [0.1, 0.15) is 6.54 Å². The van der Waals surface area contributed by atoms with E-state index < -0.39 is 0 Å². The van der Waals surface area contributed by atoms with Crippen molar-refractivity contribution < 1.29 is 9.59 Å². The highest BCUT2D eigenvalue weighted by molar-refractivity contribution is 14.0. The van der Waals surface area contributed by atoms with Gasteiger partial charge in [-0.15, -0.1) is 35.3 Å². The topological polar surface area (TPSA) is 68.2 Å². The highest BCUT2D eigenvalue weighted by atomic mass is 127. The first-order valence-corrected chi connectivity index (χ1v) is 8.92. The summed E-state index contributed by atoms with van der Waals surface area (Å²) in [6.07, 6.45) is 0. The van der Waals surface area contributed by atoms with Crippen LogP contribution in [0.5, 0.6) is 0 Å². The summed E-state index contributed by atoms with van der Waals surface area (Å²) in [5.41, 5.74) is 0. The molecule has 1 saturated heterocycles. The van der Waals surface area contributed by atoms with Crippen LogP contribution in [0.15, 0.2) is 22.5 Å². The third kappa shape index (κ3) is 6.46. The van der Waals surface area contributed by atoms with Crippen LogP contribution in [0.4, 0.5) is 0 Å². The number of guanidine groups is 1. The molecular formula is C16H26IN5O2S. The number of hydrogen-bond acceptors (Lipinski definition) is 4. The van der Waals surface area contributed by atoms with E-state index >= 15 is 0 Å². The summed E-state index contributed by atoms with van der Waals surface area (Å²) < 4.78 is 0. The molecule has 2 rings (SSSR count). The van der Waals surface area contributed by atoms with E-state index in [0.717, 1.165) is 6.54 Å². The minimum absolute atomic E-state index is 0. The number of rotatable bonds is 5. The van der Waals surface area contributed by atoms with Crippen LogP contribution in [0, 0.1) is 0 Å². The number of nitrogens with zero attached hydrogens (tertiary/aromatic N) is 4. The molecule has 2 heterocycles. The molecule has 0 bridgehead atoms. The van der Waals surface area contributed by atoms with E-state index in [2.05, 4.69) is 10.3 Å². The SMILES string of the molecule is CCN1CCN(C(=NCC(=O)N(C)C)NCc2cccs2)CC1=O.I. The molecular weight excluding hydrogens is 453 g/mol. The van der Waals surface area contributed by atoms with Crippen molar-refractivity contribution in [1.29, 1.82) is 0 Å². The Morgan fingerprint density at radius 1 is 1.40 bits per heavy atom. The summed E-state index contributed by atoms with van der Waals surface area (Å²) in [5.74, 6) is 0.639. The van der Waals surface area contributed by atoms with Gasteiger partial charge in [-0.05, 0) is 18.4 Å². The number of halogens is 1. The Labute approximate surface area is 170 Å². The standard InChI is InChI=1S/C16H25N5O2S.HI/c1-4-20-7-8-21(12-15(20)23)16(18-11-14(22)19(2)3)17-10-13-6-5-9-24-13;/h5-6,9H,4,7-8,10-12H2,1-3H3,(H,17,18);1H. The number of thiophene rings is 1. The lowest BCUT2D eigenvalue weighted by Crippen LogP contribution is -2.55. The van der Waals surface area contributed by atoms with Gasteiger partial charge in [0.05, 0.1) is 13.1 Å². The molecule has 1 aliphatic heterocycles. The van der Waals surface area contributed by atoms with Crippen LogP contribution >= 0.6 is 35.3 Å². The normalized spacial score (nSPS) is 15.0. The molecule has 0 unspecified atom stereocenters. The molecule has 0 spiro atoms. The van der Waals surface area contributed by atoms with Gasteiger partial charge in [-0.25, -0.2) is 4.99 Å². The second-order valence-corrected chi connectivity index (χ2v) is 6.79. The predicted octanol–water partition coefficient (Wildman–Crippen LogP) is 1.06. The lowest BCUT2D eigenvalue weighted by atomic mass is 10.3. The minimum atomic E-state index is -0.0658. The Kier molecular flexibility index (Phi) is 9.19. The Morgan fingerprint density at radius 3 is 2.72 bits per heavy atom. The highest BCUT2D eigenvalue weighted by Crippen LogP contribution is 2.09. The number of aliphatic imine (C=N–C) groups is 1. The molecule has 0 aliphatic carbocycles. The first kappa shape index (κ1) is 21.7. The fraction of sp³-hybridized carbons (Fsp3) is 0.562. The van der Waals surface area contributed by atoms with E-state index in [1.165, 1.54) is 9.78 Å². The van der Waals surface area contributed by atoms with Gasteiger partial charge in [0.25, 0.3) is 0 Å². The van der Waals surface area contributed by atoms with Gasteiger partial charge in [-0.2, -0.15) is 0 Å². The molecule has 1 aromatic rings. The number of carbonyl (C=O) groups is 2. The molecule has 140 valence electrons. The molecule has 7 nitrogen and oxygen atoms in total. The zero-order chi connectivity index (χ0) is 17.5. The van der Waals surface area contributed by atoms with Crippen molar-refractivity contribution in [2.75, 3.05) is 46.8 Å². The van der Waals surface area contributed by atoms with Crippen LogP contribution in [0.25, 0.3) is 0 Å². The lowest BCUT2D eigenvalue weighted by molar-refractivity contribution is -0.134. The molecule has 25 heavy (non-hydrogen) atoms. The van der Waals surface area contributed by atoms with Gasteiger partial charge < -0.3 is 20.0 Å². The van der Waals surface area contributed by atoms with Crippen molar-refractivity contribution in [2.45, 2.75) is 13.5 Å². The van der Waals surface area contributed by atoms with Crippen molar-refractivity contribution in [3.8, 4) is 0 Å². The third-order valence-electron chi connectivity index (χ3n) is 3.86. The first-order chi connectivity index (χ1) is 11.5. The molecule has 0 atom stereocenters. The number of piperazine rings is 1. The number of nitrogens with one attached hydrogen (secondary N) is 1. The maximum Gasteiger partial charge on any atom is 0.243 e. The van der Waals surface area contributed by atoms with Gasteiger partial charge in [-0.3, -0.25) is 9.59 Å². The molecule has 9 heteroatoms. The maximum absolute atomic E-state index is 12.1. The number of carbonyl (C=O) groups excluding carboxylic acids is 2. The summed E-state index contributed by atoms with van der Waals surface area (Å²) in [6, 6.07) is 4.04. The third-order valence-corrected chi connectivity index (χ3v) is 4.74. The molecule has 1 aromatic heterocycles. The van der Waals surface area contributed by atoms with Crippen LogP contribution in [-0.2, 0) is 16.1 Å². The van der Waals surface area contributed by atoms with Crippen molar-refractivity contribution in [3.05, 3.63) is 22.4 Å². The highest BCUT2D eigenvalue weighted by Gasteiger charge is 2.25. The van der Waals surface area contributed by atoms with E-state index in [1.807, 2.05) is 34.2 Å². The minimum Gasteiger partial charge on any atom is -0.351 e. The fourth-order valence-corrected chi connectivity index (χ4v) is 3.00. The zero-order valence-electron chi connectivity index (χ0n) is 14.9. The molecule has 1 fully saturated rings. The van der Waals surface area contributed by atoms with E-state index in [-0.39, 0.29) is 42.3 Å². The quantitative estimate of drug-likeness (QED) is 0.390. The molecule has 1 N–H and O–H groups in total. The molecule has 2 amide bonds. The van der Waals surface area contributed by atoms with E-state index in [0.29, 0.717) is 32.1 Å². The average molecular weight is 479 g/mol. The number of amides is 2. The summed E-state index contributed by atoms with van der Waals surface area (Å²) in [4.78, 5) is 34.8. The average Bonchev–Trinajstić information content (AvgIpc) is 3.08. The van der Waals surface area contributed by atoms with Crippen LogP contribution in [0.2, 0.25) is 0 Å². The van der Waals surface area contributed by atoms with Crippen molar-refractivity contribution in [3.63, 3.8) is 0 Å². The van der Waals surface area contributed by atoms with Crippen LogP contribution in [0.1, 0.15) is 11.8 Å². The molecule has 0 saturated carbocycles. The van der Waals surface area contributed by atoms with Crippen LogP contribution in [-0.4, -0.2) is 79.3 Å². The Hall–Kier alpha value is -1.36. The molecule has 0 aromatic carbocycles. The van der Waals surface area contributed by atoms with E-state index in [4.69, 9.17) is 0 Å². The predicted molar refractivity (Wildman–Crippen MR) is 111 cm³/mol. The first-order valence-electron chi connectivity index (χ1n) is 8.04. The summed E-state index contributed by atoms with van der Waals surface area (Å²) in [5, 5.41) is 5.31. The van der Waals surface area contributed by atoms with Gasteiger partial charge in [0.15, 0.2) is 5.96 Å². The van der Waals surface area contributed by atoms with Gasteiger partial charge in [0.2, 0.25) is 11.8 Å². The fourth-order valence-electron chi connectivity index (χ4n) is 2.35. The Morgan fingerprint density at radius 2 is 2.16 bits per heavy atom. The van der Waals surface area contributed by atoms with Crippen molar-refractivity contribution >= 4 is 53.1 Å². The molecule has 0 radical (unpaired) electrons. The largest absolute Gasteiger partial charge is 0.351 e.